The van der Waals surface area contributed by atoms with Gasteiger partial charge < -0.3 is 9.63 Å². The average molecular weight is 225 g/mol. The molecule has 1 N–H and O–H groups in total. The van der Waals surface area contributed by atoms with Gasteiger partial charge in [-0.3, -0.25) is 9.69 Å². The lowest BCUT2D eigenvalue weighted by Gasteiger charge is -2.18. The first kappa shape index (κ1) is 11.1. The third kappa shape index (κ3) is 2.06. The Kier molecular flexibility index (Phi) is 2.67. The largest absolute Gasteiger partial charge is 0.481 e. The molecule has 1 saturated heterocycles. The van der Waals surface area contributed by atoms with Gasteiger partial charge in [0.15, 0.2) is 5.82 Å². The Balaban J connectivity index is 1.97. The first-order valence-corrected chi connectivity index (χ1v) is 5.24. The highest BCUT2D eigenvalue weighted by Crippen LogP contribution is 2.30. The number of aryl methyl sites for hydroxylation is 1. The molecule has 0 bridgehead atoms. The summed E-state index contributed by atoms with van der Waals surface area (Å²) in [5.74, 6) is 0.416. The van der Waals surface area contributed by atoms with Crippen LogP contribution in [0, 0.1) is 12.3 Å². The van der Waals surface area contributed by atoms with E-state index < -0.39 is 11.4 Å². The molecule has 1 fully saturated rings. The molecule has 0 radical (unpaired) electrons. The van der Waals surface area contributed by atoms with E-state index in [-0.39, 0.29) is 0 Å². The van der Waals surface area contributed by atoms with Crippen molar-refractivity contribution in [2.24, 2.45) is 5.41 Å². The van der Waals surface area contributed by atoms with Gasteiger partial charge in [-0.25, -0.2) is 0 Å². The summed E-state index contributed by atoms with van der Waals surface area (Å²) in [6.07, 6.45) is 0.662. The second-order valence-corrected chi connectivity index (χ2v) is 4.56. The molecule has 6 nitrogen and oxygen atoms in total. The first-order valence-electron chi connectivity index (χ1n) is 5.24. The lowest BCUT2D eigenvalue weighted by molar-refractivity contribution is -0.147. The lowest BCUT2D eigenvalue weighted by atomic mass is 9.90. The molecule has 0 spiro atoms. The number of aliphatic carboxylic acids is 1. The zero-order valence-corrected chi connectivity index (χ0v) is 9.43. The van der Waals surface area contributed by atoms with E-state index in [1.54, 1.807) is 13.8 Å². The van der Waals surface area contributed by atoms with Crippen molar-refractivity contribution in [1.29, 1.82) is 0 Å². The van der Waals surface area contributed by atoms with Crippen LogP contribution in [-0.4, -0.2) is 39.2 Å². The smallest absolute Gasteiger partial charge is 0.310 e. The van der Waals surface area contributed by atoms with Crippen molar-refractivity contribution in [2.45, 2.75) is 26.8 Å². The Morgan fingerprint density at radius 3 is 2.94 bits per heavy atom. The Bertz CT molecular complexity index is 404. The quantitative estimate of drug-likeness (QED) is 0.814. The summed E-state index contributed by atoms with van der Waals surface area (Å²) in [7, 11) is 0. The van der Waals surface area contributed by atoms with Gasteiger partial charge in [0.2, 0.25) is 5.89 Å². The highest BCUT2D eigenvalue weighted by atomic mass is 16.5. The Morgan fingerprint density at radius 1 is 1.69 bits per heavy atom. The fraction of sp³-hybridized carbons (Fsp3) is 0.700. The van der Waals surface area contributed by atoms with Crippen molar-refractivity contribution in [2.75, 3.05) is 13.1 Å². The molecule has 2 rings (SSSR count). The monoisotopic (exact) mass is 225 g/mol. The molecule has 0 amide bonds. The molecule has 16 heavy (non-hydrogen) atoms. The van der Waals surface area contributed by atoms with Crippen molar-refractivity contribution in [1.82, 2.24) is 15.0 Å². The van der Waals surface area contributed by atoms with Crippen molar-refractivity contribution in [3.8, 4) is 0 Å². The van der Waals surface area contributed by atoms with Gasteiger partial charge in [0.1, 0.15) is 0 Å². The summed E-state index contributed by atoms with van der Waals surface area (Å²) in [6.45, 7) is 5.35. The third-order valence-electron chi connectivity index (χ3n) is 3.00. The van der Waals surface area contributed by atoms with Crippen LogP contribution in [0.25, 0.3) is 0 Å². The molecule has 1 aromatic heterocycles. The van der Waals surface area contributed by atoms with Gasteiger partial charge in [-0.15, -0.1) is 0 Å². The van der Waals surface area contributed by atoms with Gasteiger partial charge in [-0.1, -0.05) is 5.16 Å². The topological polar surface area (TPSA) is 79.5 Å². The number of carboxylic acid groups (broad SMARTS) is 1. The number of rotatable bonds is 3. The van der Waals surface area contributed by atoms with Crippen LogP contribution in [-0.2, 0) is 11.3 Å². The van der Waals surface area contributed by atoms with Gasteiger partial charge in [-0.05, 0) is 26.8 Å². The number of nitrogens with zero attached hydrogens (tertiary/aromatic N) is 3. The standard InChI is InChI=1S/C10H15N3O3/c1-7-11-8(16-12-7)5-13-4-3-10(2,6-13)9(14)15/h3-6H2,1-2H3,(H,14,15). The van der Waals surface area contributed by atoms with E-state index in [0.29, 0.717) is 31.2 Å². The second kappa shape index (κ2) is 3.86. The minimum atomic E-state index is -0.739. The van der Waals surface area contributed by atoms with E-state index >= 15 is 0 Å². The van der Waals surface area contributed by atoms with E-state index in [2.05, 4.69) is 10.1 Å². The molecule has 1 aliphatic rings. The molecule has 0 saturated carbocycles. The molecule has 2 heterocycles. The van der Waals surface area contributed by atoms with Crippen LogP contribution in [0.5, 0.6) is 0 Å². The van der Waals surface area contributed by atoms with E-state index in [1.165, 1.54) is 0 Å². The molecule has 1 aromatic rings. The van der Waals surface area contributed by atoms with Crippen LogP contribution in [0.4, 0.5) is 0 Å². The van der Waals surface area contributed by atoms with E-state index in [1.807, 2.05) is 4.90 Å². The molecule has 1 atom stereocenters. The van der Waals surface area contributed by atoms with Gasteiger partial charge in [0.25, 0.3) is 0 Å². The molecule has 0 aromatic carbocycles. The van der Waals surface area contributed by atoms with Gasteiger partial charge in [0.05, 0.1) is 12.0 Å². The number of aromatic nitrogens is 2. The zero-order chi connectivity index (χ0) is 11.8. The van der Waals surface area contributed by atoms with Gasteiger partial charge in [0, 0.05) is 6.54 Å². The molecule has 0 aliphatic carbocycles. The lowest BCUT2D eigenvalue weighted by Crippen LogP contribution is -2.31. The Labute approximate surface area is 93.2 Å². The summed E-state index contributed by atoms with van der Waals surface area (Å²) >= 11 is 0. The van der Waals surface area contributed by atoms with Crippen molar-refractivity contribution in [3.63, 3.8) is 0 Å². The normalized spacial score (nSPS) is 26.1. The number of likely N-dealkylation sites (tertiary alicyclic amines) is 1. The van der Waals surface area contributed by atoms with E-state index in [9.17, 15) is 4.79 Å². The van der Waals surface area contributed by atoms with Crippen LogP contribution in [0.1, 0.15) is 25.1 Å². The number of hydrogen-bond donors (Lipinski definition) is 1. The van der Waals surface area contributed by atoms with Crippen molar-refractivity contribution in [3.05, 3.63) is 11.7 Å². The van der Waals surface area contributed by atoms with Crippen molar-refractivity contribution < 1.29 is 14.4 Å². The van der Waals surface area contributed by atoms with Crippen LogP contribution in [0.2, 0.25) is 0 Å². The Hall–Kier alpha value is -1.43. The van der Waals surface area contributed by atoms with E-state index in [4.69, 9.17) is 9.63 Å². The third-order valence-corrected chi connectivity index (χ3v) is 3.00. The van der Waals surface area contributed by atoms with E-state index in [0.717, 1.165) is 6.54 Å². The fourth-order valence-corrected chi connectivity index (χ4v) is 1.96. The second-order valence-electron chi connectivity index (χ2n) is 4.56. The minimum absolute atomic E-state index is 0.531. The summed E-state index contributed by atoms with van der Waals surface area (Å²) in [5, 5.41) is 12.8. The van der Waals surface area contributed by atoms with Gasteiger partial charge >= 0.3 is 5.97 Å². The zero-order valence-electron chi connectivity index (χ0n) is 9.43. The minimum Gasteiger partial charge on any atom is -0.481 e. The molecule has 6 heteroatoms. The molecular weight excluding hydrogens is 210 g/mol. The molecule has 1 aliphatic heterocycles. The predicted octanol–water partition coefficient (Wildman–Crippen LogP) is 0.675. The highest BCUT2D eigenvalue weighted by Gasteiger charge is 2.40. The maximum absolute atomic E-state index is 11.0. The fourth-order valence-electron chi connectivity index (χ4n) is 1.96. The average Bonchev–Trinajstić information content (AvgIpc) is 2.75. The van der Waals surface area contributed by atoms with Crippen LogP contribution in [0.3, 0.4) is 0 Å². The maximum atomic E-state index is 11.0. The van der Waals surface area contributed by atoms with Gasteiger partial charge in [-0.2, -0.15) is 4.98 Å². The maximum Gasteiger partial charge on any atom is 0.310 e. The summed E-state index contributed by atoms with van der Waals surface area (Å²) < 4.78 is 5.00. The summed E-state index contributed by atoms with van der Waals surface area (Å²) in [4.78, 5) is 17.2. The number of carboxylic acids is 1. The summed E-state index contributed by atoms with van der Waals surface area (Å²) in [5.41, 5.74) is -0.644. The van der Waals surface area contributed by atoms with Crippen LogP contribution in [0.15, 0.2) is 4.52 Å². The SMILES string of the molecule is Cc1noc(CN2CCC(C)(C(=O)O)C2)n1. The number of carbonyl (C=O) groups is 1. The molecular formula is C10H15N3O3. The Morgan fingerprint density at radius 2 is 2.44 bits per heavy atom. The number of hydrogen-bond acceptors (Lipinski definition) is 5. The van der Waals surface area contributed by atoms with Crippen LogP contribution >= 0.6 is 0 Å². The molecule has 88 valence electrons. The highest BCUT2D eigenvalue weighted by molar-refractivity contribution is 5.74. The van der Waals surface area contributed by atoms with Crippen molar-refractivity contribution >= 4 is 5.97 Å². The molecule has 1 unspecified atom stereocenters. The predicted molar refractivity (Wildman–Crippen MR) is 54.7 cm³/mol. The first-order chi connectivity index (χ1) is 7.49. The van der Waals surface area contributed by atoms with Crippen LogP contribution < -0.4 is 0 Å². The summed E-state index contributed by atoms with van der Waals surface area (Å²) in [6, 6.07) is 0.